The Morgan fingerprint density at radius 1 is 1.29 bits per heavy atom. The van der Waals surface area contributed by atoms with Crippen molar-refractivity contribution in [3.05, 3.63) is 35.4 Å². The van der Waals surface area contributed by atoms with Crippen molar-refractivity contribution in [3.8, 4) is 11.5 Å². The molecule has 1 amide bonds. The average Bonchev–Trinajstić information content (AvgIpc) is 2.95. The number of ether oxygens (including phenoxy) is 2. The Kier molecular flexibility index (Phi) is 3.84. The highest BCUT2D eigenvalue weighted by Crippen LogP contribution is 2.30. The van der Waals surface area contributed by atoms with Gasteiger partial charge in [0, 0.05) is 19.0 Å². The molecule has 1 unspecified atom stereocenters. The van der Waals surface area contributed by atoms with Crippen LogP contribution in [-0.4, -0.2) is 39.9 Å². The molecule has 1 aromatic carbocycles. The molecule has 7 nitrogen and oxygen atoms in total. The predicted octanol–water partition coefficient (Wildman–Crippen LogP) is 1.03. The third-order valence-electron chi connectivity index (χ3n) is 4.47. The summed E-state index contributed by atoms with van der Waals surface area (Å²) in [7, 11) is 0. The molecule has 0 radical (unpaired) electrons. The average molecular weight is 328 g/mol. The molecule has 0 fully saturated rings. The van der Waals surface area contributed by atoms with Crippen molar-refractivity contribution in [2.75, 3.05) is 13.2 Å². The number of amides is 1. The molecule has 7 heteroatoms. The number of benzene rings is 1. The number of rotatable bonds is 3. The minimum atomic E-state index is 0.0193. The number of carbonyl (C=O) groups excluding carboxylic acids is 1. The fourth-order valence-corrected chi connectivity index (χ4v) is 3.24. The highest BCUT2D eigenvalue weighted by Gasteiger charge is 2.23. The first-order valence-corrected chi connectivity index (χ1v) is 8.25. The van der Waals surface area contributed by atoms with E-state index in [1.165, 1.54) is 0 Å². The topological polar surface area (TPSA) is 78.3 Å². The minimum absolute atomic E-state index is 0.0193. The molecule has 2 aromatic rings. The molecule has 0 saturated carbocycles. The summed E-state index contributed by atoms with van der Waals surface area (Å²) in [6.45, 7) is 3.79. The van der Waals surface area contributed by atoms with E-state index in [0.29, 0.717) is 25.4 Å². The Hall–Kier alpha value is -2.57. The molecule has 1 atom stereocenters. The SMILES string of the molecule is Cc1nnc2n1CC(NC(=O)Cc1ccc3c(c1)OCCO3)CC2. The first kappa shape index (κ1) is 15.0. The summed E-state index contributed by atoms with van der Waals surface area (Å²) in [5.41, 5.74) is 0.925. The van der Waals surface area contributed by atoms with E-state index in [1.54, 1.807) is 0 Å². The highest BCUT2D eigenvalue weighted by molar-refractivity contribution is 5.79. The molecule has 126 valence electrons. The van der Waals surface area contributed by atoms with Crippen LogP contribution < -0.4 is 14.8 Å². The minimum Gasteiger partial charge on any atom is -0.486 e. The fraction of sp³-hybridized carbons (Fsp3) is 0.471. The molecule has 0 saturated heterocycles. The van der Waals surface area contributed by atoms with E-state index in [1.807, 2.05) is 25.1 Å². The molecular formula is C17H20N4O3. The normalized spacial score (nSPS) is 18.8. The largest absolute Gasteiger partial charge is 0.486 e. The van der Waals surface area contributed by atoms with E-state index < -0.39 is 0 Å². The first-order chi connectivity index (χ1) is 11.7. The molecule has 0 aliphatic carbocycles. The van der Waals surface area contributed by atoms with Gasteiger partial charge in [-0.1, -0.05) is 6.07 Å². The molecule has 0 spiro atoms. The number of hydrogen-bond donors (Lipinski definition) is 1. The zero-order valence-electron chi connectivity index (χ0n) is 13.6. The van der Waals surface area contributed by atoms with Crippen molar-refractivity contribution < 1.29 is 14.3 Å². The molecule has 2 aliphatic heterocycles. The van der Waals surface area contributed by atoms with E-state index in [9.17, 15) is 4.79 Å². The Balaban J connectivity index is 1.38. The van der Waals surface area contributed by atoms with E-state index in [2.05, 4.69) is 20.1 Å². The lowest BCUT2D eigenvalue weighted by molar-refractivity contribution is -0.121. The second-order valence-corrected chi connectivity index (χ2v) is 6.23. The number of aromatic nitrogens is 3. The van der Waals surface area contributed by atoms with E-state index >= 15 is 0 Å². The van der Waals surface area contributed by atoms with E-state index in [4.69, 9.17) is 9.47 Å². The number of carbonyl (C=O) groups is 1. The second-order valence-electron chi connectivity index (χ2n) is 6.23. The molecule has 0 bridgehead atoms. The van der Waals surface area contributed by atoms with Gasteiger partial charge in [-0.2, -0.15) is 0 Å². The fourth-order valence-electron chi connectivity index (χ4n) is 3.24. The van der Waals surface area contributed by atoms with Gasteiger partial charge in [-0.25, -0.2) is 0 Å². The van der Waals surface area contributed by atoms with Gasteiger partial charge in [0.1, 0.15) is 24.9 Å². The van der Waals surface area contributed by atoms with Crippen molar-refractivity contribution in [1.29, 1.82) is 0 Å². The van der Waals surface area contributed by atoms with Crippen LogP contribution in [0.5, 0.6) is 11.5 Å². The molecule has 1 aromatic heterocycles. The third-order valence-corrected chi connectivity index (χ3v) is 4.47. The van der Waals surface area contributed by atoms with E-state index in [-0.39, 0.29) is 11.9 Å². The molecule has 4 rings (SSSR count). The summed E-state index contributed by atoms with van der Waals surface area (Å²) in [6, 6.07) is 5.79. The van der Waals surface area contributed by atoms with Crippen LogP contribution in [0.15, 0.2) is 18.2 Å². The lowest BCUT2D eigenvalue weighted by atomic mass is 10.1. The summed E-state index contributed by atoms with van der Waals surface area (Å²) < 4.78 is 13.1. The smallest absolute Gasteiger partial charge is 0.224 e. The lowest BCUT2D eigenvalue weighted by Gasteiger charge is -2.25. The maximum Gasteiger partial charge on any atom is 0.224 e. The molecule has 3 heterocycles. The van der Waals surface area contributed by atoms with Crippen molar-refractivity contribution in [2.45, 2.75) is 38.8 Å². The van der Waals surface area contributed by atoms with Crippen molar-refractivity contribution in [3.63, 3.8) is 0 Å². The van der Waals surface area contributed by atoms with Crippen molar-refractivity contribution in [2.24, 2.45) is 0 Å². The maximum atomic E-state index is 12.4. The van der Waals surface area contributed by atoms with Gasteiger partial charge in [0.15, 0.2) is 11.5 Å². The van der Waals surface area contributed by atoms with Gasteiger partial charge in [0.25, 0.3) is 0 Å². The number of hydrogen-bond acceptors (Lipinski definition) is 5. The van der Waals surface area contributed by atoms with Gasteiger partial charge < -0.3 is 19.4 Å². The van der Waals surface area contributed by atoms with Crippen molar-refractivity contribution in [1.82, 2.24) is 20.1 Å². The van der Waals surface area contributed by atoms with Gasteiger partial charge in [-0.05, 0) is 31.0 Å². The van der Waals surface area contributed by atoms with Crippen molar-refractivity contribution >= 4 is 5.91 Å². The van der Waals surface area contributed by atoms with Crippen LogP contribution in [0.2, 0.25) is 0 Å². The number of aryl methyl sites for hydroxylation is 2. The lowest BCUT2D eigenvalue weighted by Crippen LogP contribution is -2.41. The van der Waals surface area contributed by atoms with Gasteiger partial charge in [0.05, 0.1) is 6.42 Å². The van der Waals surface area contributed by atoms with Crippen LogP contribution in [0.3, 0.4) is 0 Å². The summed E-state index contributed by atoms with van der Waals surface area (Å²) in [5.74, 6) is 3.38. The van der Waals surface area contributed by atoms with Crippen LogP contribution in [0, 0.1) is 6.92 Å². The Morgan fingerprint density at radius 3 is 3.00 bits per heavy atom. The van der Waals surface area contributed by atoms with Crippen LogP contribution >= 0.6 is 0 Å². The Bertz CT molecular complexity index is 771. The standard InChI is InChI=1S/C17H20N4O3/c1-11-19-20-16-5-3-13(10-21(11)16)18-17(22)9-12-2-4-14-15(8-12)24-7-6-23-14/h2,4,8,13H,3,5-7,9-10H2,1H3,(H,18,22). The zero-order chi connectivity index (χ0) is 16.5. The summed E-state index contributed by atoms with van der Waals surface area (Å²) in [6.07, 6.45) is 2.07. The number of fused-ring (bicyclic) bond motifs is 2. The predicted molar refractivity (Wildman–Crippen MR) is 86.1 cm³/mol. The zero-order valence-corrected chi connectivity index (χ0v) is 13.6. The monoisotopic (exact) mass is 328 g/mol. The van der Waals surface area contributed by atoms with Gasteiger partial charge in [-0.3, -0.25) is 4.79 Å². The number of nitrogens with one attached hydrogen (secondary N) is 1. The highest BCUT2D eigenvalue weighted by atomic mass is 16.6. The van der Waals surface area contributed by atoms with Gasteiger partial charge in [-0.15, -0.1) is 10.2 Å². The third kappa shape index (κ3) is 2.93. The summed E-state index contributed by atoms with van der Waals surface area (Å²) in [5, 5.41) is 11.4. The van der Waals surface area contributed by atoms with Crippen LogP contribution in [0.1, 0.15) is 23.6 Å². The first-order valence-electron chi connectivity index (χ1n) is 8.25. The van der Waals surface area contributed by atoms with Gasteiger partial charge >= 0.3 is 0 Å². The van der Waals surface area contributed by atoms with Crippen LogP contribution in [0.25, 0.3) is 0 Å². The van der Waals surface area contributed by atoms with Crippen LogP contribution in [-0.2, 0) is 24.2 Å². The number of nitrogens with zero attached hydrogens (tertiary/aromatic N) is 3. The van der Waals surface area contributed by atoms with E-state index in [0.717, 1.165) is 42.3 Å². The second kappa shape index (κ2) is 6.14. The molecular weight excluding hydrogens is 308 g/mol. The van der Waals surface area contributed by atoms with Gasteiger partial charge in [0.2, 0.25) is 5.91 Å². The molecule has 1 N–H and O–H groups in total. The Labute approximate surface area is 140 Å². The summed E-state index contributed by atoms with van der Waals surface area (Å²) >= 11 is 0. The van der Waals surface area contributed by atoms with Crippen LogP contribution in [0.4, 0.5) is 0 Å². The Morgan fingerprint density at radius 2 is 2.12 bits per heavy atom. The quantitative estimate of drug-likeness (QED) is 0.910. The summed E-state index contributed by atoms with van der Waals surface area (Å²) in [4.78, 5) is 12.4. The molecule has 2 aliphatic rings. The maximum absolute atomic E-state index is 12.4. The molecule has 24 heavy (non-hydrogen) atoms.